The summed E-state index contributed by atoms with van der Waals surface area (Å²) in [6.07, 6.45) is 1.56. The van der Waals surface area contributed by atoms with Crippen LogP contribution in [0.3, 0.4) is 0 Å². The van der Waals surface area contributed by atoms with Crippen LogP contribution < -0.4 is 10.5 Å². The summed E-state index contributed by atoms with van der Waals surface area (Å²) < 4.78 is 20.6. The highest BCUT2D eigenvalue weighted by Gasteiger charge is 2.26. The molecule has 2 aromatic carbocycles. The minimum Gasteiger partial charge on any atom is -0.493 e. The number of hydrogen-bond acceptors (Lipinski definition) is 3. The van der Waals surface area contributed by atoms with E-state index in [-0.39, 0.29) is 18.4 Å². The second-order valence-corrected chi connectivity index (χ2v) is 7.78. The van der Waals surface area contributed by atoms with Gasteiger partial charge in [-0.1, -0.05) is 30.3 Å². The van der Waals surface area contributed by atoms with Crippen LogP contribution >= 0.6 is 12.4 Å². The zero-order valence-corrected chi connectivity index (χ0v) is 16.6. The summed E-state index contributed by atoms with van der Waals surface area (Å²) in [5.41, 5.74) is 10.1. The zero-order valence-electron chi connectivity index (χ0n) is 15.7. The Morgan fingerprint density at radius 2 is 1.93 bits per heavy atom. The predicted molar refractivity (Wildman–Crippen MR) is 109 cm³/mol. The number of ether oxygens (including phenoxy) is 1. The standard InChI is InChI=1S/C22H27FN2O.ClH/c1-15(24)18-6-4-16(5-7-18)11-25-12-19-8-9-20(26-14-17-2-3-17)10-21(19)22(23)13-25;/h4-10,15,17,22H,2-3,11-14,24H2,1H3;1H/t15-,22?;/m0./s1. The summed E-state index contributed by atoms with van der Waals surface area (Å²) in [5, 5.41) is 0. The van der Waals surface area contributed by atoms with Gasteiger partial charge in [-0.15, -0.1) is 12.4 Å². The lowest BCUT2D eigenvalue weighted by Crippen LogP contribution is -2.31. The van der Waals surface area contributed by atoms with Gasteiger partial charge in [0.2, 0.25) is 0 Å². The van der Waals surface area contributed by atoms with Crippen molar-refractivity contribution in [3.8, 4) is 5.75 Å². The van der Waals surface area contributed by atoms with E-state index in [4.69, 9.17) is 10.5 Å². The van der Waals surface area contributed by atoms with Crippen molar-refractivity contribution in [2.45, 2.75) is 45.1 Å². The molecule has 0 amide bonds. The van der Waals surface area contributed by atoms with Crippen LogP contribution in [0, 0.1) is 5.92 Å². The Balaban J connectivity index is 0.00000210. The van der Waals surface area contributed by atoms with Gasteiger partial charge in [0.25, 0.3) is 0 Å². The second-order valence-electron chi connectivity index (χ2n) is 7.78. The quantitative estimate of drug-likeness (QED) is 0.758. The Morgan fingerprint density at radius 3 is 2.59 bits per heavy atom. The molecule has 0 saturated heterocycles. The molecule has 1 aliphatic heterocycles. The van der Waals surface area contributed by atoms with Crippen LogP contribution in [0.25, 0.3) is 0 Å². The van der Waals surface area contributed by atoms with Gasteiger partial charge in [-0.2, -0.15) is 0 Å². The van der Waals surface area contributed by atoms with Gasteiger partial charge in [-0.3, -0.25) is 4.90 Å². The van der Waals surface area contributed by atoms with Crippen molar-refractivity contribution in [1.82, 2.24) is 4.90 Å². The maximum Gasteiger partial charge on any atom is 0.138 e. The van der Waals surface area contributed by atoms with E-state index in [9.17, 15) is 4.39 Å². The molecular weight excluding hydrogens is 363 g/mol. The van der Waals surface area contributed by atoms with Crippen molar-refractivity contribution < 1.29 is 9.13 Å². The molecule has 2 aromatic rings. The van der Waals surface area contributed by atoms with Crippen LogP contribution in [0.1, 0.15) is 54.2 Å². The van der Waals surface area contributed by atoms with Crippen LogP contribution in [-0.2, 0) is 13.1 Å². The van der Waals surface area contributed by atoms with E-state index >= 15 is 0 Å². The first kappa shape index (κ1) is 20.1. The highest BCUT2D eigenvalue weighted by Crippen LogP contribution is 2.34. The van der Waals surface area contributed by atoms with Crippen LogP contribution in [0.15, 0.2) is 42.5 Å². The molecule has 1 saturated carbocycles. The molecule has 0 spiro atoms. The highest BCUT2D eigenvalue weighted by molar-refractivity contribution is 5.85. The van der Waals surface area contributed by atoms with Gasteiger partial charge in [0, 0.05) is 25.7 Å². The molecular formula is C22H28ClFN2O. The Labute approximate surface area is 167 Å². The molecule has 3 nitrogen and oxygen atoms in total. The fraction of sp³-hybridized carbons (Fsp3) is 0.455. The maximum absolute atomic E-state index is 14.8. The van der Waals surface area contributed by atoms with E-state index in [0.29, 0.717) is 12.5 Å². The van der Waals surface area contributed by atoms with Crippen molar-refractivity contribution in [2.75, 3.05) is 13.2 Å². The number of nitrogens with zero attached hydrogens (tertiary/aromatic N) is 1. The fourth-order valence-electron chi connectivity index (χ4n) is 3.53. The van der Waals surface area contributed by atoms with Gasteiger partial charge in [-0.25, -0.2) is 4.39 Å². The summed E-state index contributed by atoms with van der Waals surface area (Å²) in [5.74, 6) is 1.51. The van der Waals surface area contributed by atoms with Gasteiger partial charge in [-0.05, 0) is 60.1 Å². The van der Waals surface area contributed by atoms with Gasteiger partial charge in [0.1, 0.15) is 11.9 Å². The predicted octanol–water partition coefficient (Wildman–Crippen LogP) is 4.94. The van der Waals surface area contributed by atoms with Gasteiger partial charge in [0.15, 0.2) is 0 Å². The van der Waals surface area contributed by atoms with Crippen molar-refractivity contribution in [3.05, 3.63) is 64.7 Å². The molecule has 2 aliphatic rings. The second kappa shape index (κ2) is 8.59. The average Bonchev–Trinajstić information content (AvgIpc) is 3.45. The van der Waals surface area contributed by atoms with Crippen molar-refractivity contribution >= 4 is 12.4 Å². The molecule has 1 fully saturated rings. The zero-order chi connectivity index (χ0) is 18.1. The Kier molecular flexibility index (Phi) is 6.40. The third-order valence-electron chi connectivity index (χ3n) is 5.36. The molecule has 1 heterocycles. The van der Waals surface area contributed by atoms with E-state index in [1.807, 2.05) is 25.1 Å². The smallest absolute Gasteiger partial charge is 0.138 e. The third kappa shape index (κ3) is 5.01. The van der Waals surface area contributed by atoms with E-state index in [1.165, 1.54) is 18.4 Å². The largest absolute Gasteiger partial charge is 0.493 e. The molecule has 0 aromatic heterocycles. The van der Waals surface area contributed by atoms with Gasteiger partial charge < -0.3 is 10.5 Å². The minimum atomic E-state index is -0.966. The summed E-state index contributed by atoms with van der Waals surface area (Å²) in [7, 11) is 0. The SMILES string of the molecule is C[C@H](N)c1ccc(CN2Cc3ccc(OCC4CC4)cc3C(F)C2)cc1.Cl. The van der Waals surface area contributed by atoms with Crippen LogP contribution in [0.5, 0.6) is 5.75 Å². The number of nitrogens with two attached hydrogens (primary N) is 1. The number of halogens is 2. The first-order chi connectivity index (χ1) is 12.6. The average molecular weight is 391 g/mol. The number of alkyl halides is 1. The van der Waals surface area contributed by atoms with E-state index < -0.39 is 6.17 Å². The lowest BCUT2D eigenvalue weighted by molar-refractivity contribution is 0.158. The molecule has 0 radical (unpaired) electrons. The van der Waals surface area contributed by atoms with Crippen molar-refractivity contribution in [2.24, 2.45) is 11.7 Å². The number of fused-ring (bicyclic) bond motifs is 1. The van der Waals surface area contributed by atoms with E-state index in [1.54, 1.807) is 0 Å². The van der Waals surface area contributed by atoms with Crippen LogP contribution in [0.2, 0.25) is 0 Å². The van der Waals surface area contributed by atoms with Crippen molar-refractivity contribution in [1.29, 1.82) is 0 Å². The summed E-state index contributed by atoms with van der Waals surface area (Å²) in [6.45, 7) is 4.69. The lowest BCUT2D eigenvalue weighted by Gasteiger charge is -2.31. The number of rotatable bonds is 6. The van der Waals surface area contributed by atoms with Crippen LogP contribution in [0.4, 0.5) is 4.39 Å². The molecule has 4 rings (SSSR count). The van der Waals surface area contributed by atoms with E-state index in [0.717, 1.165) is 42.1 Å². The van der Waals surface area contributed by atoms with Crippen molar-refractivity contribution in [3.63, 3.8) is 0 Å². The topological polar surface area (TPSA) is 38.5 Å². The number of hydrogen-bond donors (Lipinski definition) is 1. The number of benzene rings is 2. The monoisotopic (exact) mass is 390 g/mol. The molecule has 27 heavy (non-hydrogen) atoms. The lowest BCUT2D eigenvalue weighted by atomic mass is 9.97. The molecule has 1 aliphatic carbocycles. The molecule has 0 bridgehead atoms. The highest BCUT2D eigenvalue weighted by atomic mass is 35.5. The first-order valence-corrected chi connectivity index (χ1v) is 9.55. The summed E-state index contributed by atoms with van der Waals surface area (Å²) in [4.78, 5) is 2.17. The Bertz CT molecular complexity index is 761. The fourth-order valence-corrected chi connectivity index (χ4v) is 3.53. The Morgan fingerprint density at radius 1 is 1.19 bits per heavy atom. The normalized spacial score (nSPS) is 20.5. The first-order valence-electron chi connectivity index (χ1n) is 9.55. The molecule has 1 unspecified atom stereocenters. The van der Waals surface area contributed by atoms with Gasteiger partial charge in [0.05, 0.1) is 6.61 Å². The molecule has 2 atom stereocenters. The molecule has 2 N–H and O–H groups in total. The van der Waals surface area contributed by atoms with Crippen LogP contribution in [-0.4, -0.2) is 18.1 Å². The summed E-state index contributed by atoms with van der Waals surface area (Å²) in [6, 6.07) is 14.3. The molecule has 146 valence electrons. The maximum atomic E-state index is 14.8. The Hall–Kier alpha value is -1.62. The third-order valence-corrected chi connectivity index (χ3v) is 5.36. The minimum absolute atomic E-state index is 0. The van der Waals surface area contributed by atoms with E-state index in [2.05, 4.69) is 29.2 Å². The summed E-state index contributed by atoms with van der Waals surface area (Å²) >= 11 is 0. The van der Waals surface area contributed by atoms with Gasteiger partial charge >= 0.3 is 0 Å². The molecule has 5 heteroatoms.